The number of carbonyl (C=O) groups is 1. The minimum Gasteiger partial charge on any atom is -0.768 e. The standard InChI is InChI=1S/C8H8N4O3S/c1-6(13)12(11-10-9)7-2-4-8(5-3-7)16(14)15/h2-5H,1H3,(H,14,15)/p-1. The molecule has 1 aromatic rings. The minimum atomic E-state index is -2.32. The zero-order chi connectivity index (χ0) is 12.1. The molecule has 0 spiro atoms. The Kier molecular flexibility index (Phi) is 4.01. The van der Waals surface area contributed by atoms with Crippen LogP contribution < -0.4 is 5.01 Å². The van der Waals surface area contributed by atoms with Crippen LogP contribution in [0.25, 0.3) is 10.4 Å². The fourth-order valence-corrected chi connectivity index (χ4v) is 1.39. The summed E-state index contributed by atoms with van der Waals surface area (Å²) in [6, 6.07) is 5.37. The Morgan fingerprint density at radius 1 is 1.50 bits per heavy atom. The van der Waals surface area contributed by atoms with Gasteiger partial charge < -0.3 is 4.55 Å². The average Bonchev–Trinajstić information content (AvgIpc) is 2.25. The van der Waals surface area contributed by atoms with Crippen molar-refractivity contribution in [3.8, 4) is 0 Å². The summed E-state index contributed by atoms with van der Waals surface area (Å²) < 4.78 is 21.2. The number of carbonyl (C=O) groups excluding carboxylic acids is 1. The highest BCUT2D eigenvalue weighted by Crippen LogP contribution is 2.17. The molecule has 84 valence electrons. The highest BCUT2D eigenvalue weighted by Gasteiger charge is 2.14. The van der Waals surface area contributed by atoms with Crippen molar-refractivity contribution in [1.82, 2.24) is 0 Å². The lowest BCUT2D eigenvalue weighted by atomic mass is 10.3. The van der Waals surface area contributed by atoms with Gasteiger partial charge in [-0.05, 0) is 40.6 Å². The van der Waals surface area contributed by atoms with Crippen molar-refractivity contribution in [2.24, 2.45) is 5.22 Å². The van der Waals surface area contributed by atoms with Crippen molar-refractivity contribution in [3.63, 3.8) is 0 Å². The molecular formula is C8H7N4O3S-. The predicted octanol–water partition coefficient (Wildman–Crippen LogP) is 1.50. The largest absolute Gasteiger partial charge is 0.768 e. The molecule has 0 fully saturated rings. The number of benzene rings is 1. The van der Waals surface area contributed by atoms with E-state index in [2.05, 4.69) is 10.1 Å². The Labute approximate surface area is 93.6 Å². The van der Waals surface area contributed by atoms with Crippen LogP contribution in [-0.4, -0.2) is 14.7 Å². The van der Waals surface area contributed by atoms with Crippen LogP contribution in [0.3, 0.4) is 0 Å². The van der Waals surface area contributed by atoms with E-state index in [-0.39, 0.29) is 4.90 Å². The number of rotatable bonds is 3. The molecule has 0 aliphatic heterocycles. The molecule has 0 aliphatic rings. The summed E-state index contributed by atoms with van der Waals surface area (Å²) in [5.41, 5.74) is 8.56. The highest BCUT2D eigenvalue weighted by molar-refractivity contribution is 7.79. The van der Waals surface area contributed by atoms with Crippen molar-refractivity contribution in [3.05, 3.63) is 34.7 Å². The Hall–Kier alpha value is -1.89. The van der Waals surface area contributed by atoms with Crippen LogP contribution in [-0.2, 0) is 15.9 Å². The second-order valence-corrected chi connectivity index (χ2v) is 3.68. The van der Waals surface area contributed by atoms with E-state index in [0.29, 0.717) is 5.69 Å². The van der Waals surface area contributed by atoms with Gasteiger partial charge in [-0.25, -0.2) is 4.79 Å². The van der Waals surface area contributed by atoms with E-state index in [1.54, 1.807) is 0 Å². The van der Waals surface area contributed by atoms with Crippen molar-refractivity contribution in [1.29, 1.82) is 0 Å². The van der Waals surface area contributed by atoms with Crippen molar-refractivity contribution >= 4 is 22.7 Å². The molecule has 1 aromatic carbocycles. The molecule has 0 saturated carbocycles. The van der Waals surface area contributed by atoms with E-state index in [0.717, 1.165) is 5.01 Å². The summed E-state index contributed by atoms with van der Waals surface area (Å²) in [6.07, 6.45) is 0. The molecule has 0 aromatic heterocycles. The van der Waals surface area contributed by atoms with E-state index in [9.17, 15) is 13.6 Å². The topological polar surface area (TPSA) is 109 Å². The number of amides is 1. The first-order valence-electron chi connectivity index (χ1n) is 4.11. The number of nitrogens with zero attached hydrogens (tertiary/aromatic N) is 4. The maximum atomic E-state index is 11.1. The SMILES string of the molecule is CC(=O)N(N=[N+]=[N-])c1ccc(S(=O)[O-])cc1. The third-order valence-electron chi connectivity index (χ3n) is 1.70. The van der Waals surface area contributed by atoms with E-state index in [1.165, 1.54) is 31.2 Å². The Morgan fingerprint density at radius 3 is 2.44 bits per heavy atom. The monoisotopic (exact) mass is 239 g/mol. The molecular weight excluding hydrogens is 232 g/mol. The Bertz CT molecular complexity index is 465. The number of anilines is 1. The van der Waals surface area contributed by atoms with Crippen LogP contribution in [0, 0.1) is 0 Å². The molecule has 7 nitrogen and oxygen atoms in total. The molecule has 16 heavy (non-hydrogen) atoms. The van der Waals surface area contributed by atoms with Gasteiger partial charge in [-0.15, -0.1) is 10.5 Å². The van der Waals surface area contributed by atoms with Gasteiger partial charge in [0.15, 0.2) is 0 Å². The summed E-state index contributed by atoms with van der Waals surface area (Å²) in [4.78, 5) is 13.7. The second kappa shape index (κ2) is 5.26. The van der Waals surface area contributed by atoms with Gasteiger partial charge in [0.1, 0.15) is 5.69 Å². The van der Waals surface area contributed by atoms with E-state index in [4.69, 9.17) is 5.53 Å². The van der Waals surface area contributed by atoms with Gasteiger partial charge in [-0.2, -0.15) is 4.91 Å². The summed E-state index contributed by atoms with van der Waals surface area (Å²) in [5, 5.41) is 4.01. The highest BCUT2D eigenvalue weighted by atomic mass is 32.2. The van der Waals surface area contributed by atoms with Gasteiger partial charge in [-0.3, -0.25) is 4.21 Å². The van der Waals surface area contributed by atoms with Crippen LogP contribution in [0.15, 0.2) is 34.4 Å². The Balaban J connectivity index is 3.07. The van der Waals surface area contributed by atoms with Crippen molar-refractivity contribution < 1.29 is 13.6 Å². The Morgan fingerprint density at radius 2 is 2.06 bits per heavy atom. The van der Waals surface area contributed by atoms with Gasteiger partial charge in [0, 0.05) is 11.8 Å². The lowest BCUT2D eigenvalue weighted by molar-refractivity contribution is -0.116. The first-order chi connectivity index (χ1) is 7.56. The third-order valence-corrected chi connectivity index (χ3v) is 2.36. The van der Waals surface area contributed by atoms with Crippen LogP contribution in [0.5, 0.6) is 0 Å². The lowest BCUT2D eigenvalue weighted by Gasteiger charge is -2.10. The first kappa shape index (κ1) is 12.2. The van der Waals surface area contributed by atoms with Crippen LogP contribution in [0.4, 0.5) is 5.69 Å². The van der Waals surface area contributed by atoms with Crippen LogP contribution >= 0.6 is 0 Å². The summed E-state index contributed by atoms with van der Waals surface area (Å²) in [5.74, 6) is -0.464. The first-order valence-corrected chi connectivity index (χ1v) is 5.19. The molecule has 1 amide bonds. The van der Waals surface area contributed by atoms with E-state index < -0.39 is 17.0 Å². The molecule has 0 radical (unpaired) electrons. The van der Waals surface area contributed by atoms with Gasteiger partial charge in [-0.1, -0.05) is 0 Å². The lowest BCUT2D eigenvalue weighted by Crippen LogP contribution is -2.20. The zero-order valence-electron chi connectivity index (χ0n) is 8.23. The number of hydrogen-bond donors (Lipinski definition) is 0. The van der Waals surface area contributed by atoms with E-state index >= 15 is 0 Å². The molecule has 0 heterocycles. The number of hydrogen-bond acceptors (Lipinski definition) is 4. The molecule has 0 aliphatic carbocycles. The fraction of sp³-hybridized carbons (Fsp3) is 0.125. The molecule has 1 atom stereocenters. The third kappa shape index (κ3) is 2.80. The molecule has 0 bridgehead atoms. The summed E-state index contributed by atoms with van der Waals surface area (Å²) in [7, 11) is 0. The quantitative estimate of drug-likeness (QED) is 0.262. The maximum Gasteiger partial charge on any atom is 0.314 e. The van der Waals surface area contributed by atoms with Crippen molar-refractivity contribution in [2.75, 3.05) is 5.01 Å². The second-order valence-electron chi connectivity index (χ2n) is 2.74. The van der Waals surface area contributed by atoms with Gasteiger partial charge >= 0.3 is 5.91 Å². The average molecular weight is 239 g/mol. The van der Waals surface area contributed by atoms with E-state index in [1.807, 2.05) is 0 Å². The number of azide groups is 1. The molecule has 0 N–H and O–H groups in total. The minimum absolute atomic E-state index is 0.0909. The molecule has 1 rings (SSSR count). The normalized spacial score (nSPS) is 11.4. The van der Waals surface area contributed by atoms with Crippen molar-refractivity contribution in [2.45, 2.75) is 11.8 Å². The zero-order valence-corrected chi connectivity index (χ0v) is 9.05. The summed E-state index contributed by atoms with van der Waals surface area (Å²) >= 11 is -2.32. The molecule has 0 saturated heterocycles. The molecule has 1 unspecified atom stereocenters. The fourth-order valence-electron chi connectivity index (χ4n) is 1.03. The summed E-state index contributed by atoms with van der Waals surface area (Å²) in [6.45, 7) is 1.23. The van der Waals surface area contributed by atoms with Crippen LogP contribution in [0.1, 0.15) is 6.92 Å². The maximum absolute atomic E-state index is 11.1. The smallest absolute Gasteiger partial charge is 0.314 e. The van der Waals surface area contributed by atoms with Crippen LogP contribution in [0.2, 0.25) is 0 Å². The molecule has 8 heteroatoms. The van der Waals surface area contributed by atoms with Gasteiger partial charge in [0.25, 0.3) is 0 Å². The predicted molar refractivity (Wildman–Crippen MR) is 55.9 cm³/mol. The van der Waals surface area contributed by atoms with Gasteiger partial charge in [0.05, 0.1) is 0 Å². The van der Waals surface area contributed by atoms with Gasteiger partial charge in [0.2, 0.25) is 0 Å².